The highest BCUT2D eigenvalue weighted by atomic mass is 16.5. The predicted molar refractivity (Wildman–Crippen MR) is 108 cm³/mol. The number of rotatable bonds is 3. The standard InChI is InChI=1S/C23H19N3O4/c1-3-29-21(27)18-19(14-9-5-4-6-10-14)26(2)22(28)23(18)15-11-7-8-12-17(15)30-20(25)16(23)13-24/h4-12H,3,25H2,1-2H3/t23-/m1/s1. The molecule has 1 spiro atoms. The van der Waals surface area contributed by atoms with Gasteiger partial charge in [-0.1, -0.05) is 48.5 Å². The molecule has 30 heavy (non-hydrogen) atoms. The minimum absolute atomic E-state index is 0.0540. The third kappa shape index (κ3) is 2.44. The minimum atomic E-state index is -1.75. The van der Waals surface area contributed by atoms with Gasteiger partial charge in [-0.15, -0.1) is 0 Å². The van der Waals surface area contributed by atoms with Crippen LogP contribution in [0.2, 0.25) is 0 Å². The molecule has 2 aliphatic rings. The maximum absolute atomic E-state index is 13.8. The molecular weight excluding hydrogens is 382 g/mol. The largest absolute Gasteiger partial charge is 0.463 e. The summed E-state index contributed by atoms with van der Waals surface area (Å²) >= 11 is 0. The zero-order valence-corrected chi connectivity index (χ0v) is 16.5. The molecule has 0 saturated carbocycles. The fraction of sp³-hybridized carbons (Fsp3) is 0.174. The van der Waals surface area contributed by atoms with Crippen molar-refractivity contribution in [2.75, 3.05) is 13.7 Å². The Labute approximate surface area is 173 Å². The van der Waals surface area contributed by atoms with E-state index in [4.69, 9.17) is 15.2 Å². The van der Waals surface area contributed by atoms with E-state index in [1.54, 1.807) is 50.4 Å². The number of nitrogens with zero attached hydrogens (tertiary/aromatic N) is 2. The summed E-state index contributed by atoms with van der Waals surface area (Å²) in [7, 11) is 1.57. The predicted octanol–water partition coefficient (Wildman–Crippen LogP) is 2.46. The molecule has 2 heterocycles. The first-order chi connectivity index (χ1) is 14.5. The molecule has 0 saturated heterocycles. The molecule has 0 aliphatic carbocycles. The molecule has 0 fully saturated rings. The van der Waals surface area contributed by atoms with Crippen LogP contribution in [0.5, 0.6) is 5.75 Å². The summed E-state index contributed by atoms with van der Waals surface area (Å²) in [6, 6.07) is 17.8. The summed E-state index contributed by atoms with van der Waals surface area (Å²) in [4.78, 5) is 28.5. The monoisotopic (exact) mass is 401 g/mol. The number of nitrogens with two attached hydrogens (primary N) is 1. The smallest absolute Gasteiger partial charge is 0.337 e. The van der Waals surface area contributed by atoms with Gasteiger partial charge in [0.25, 0.3) is 0 Å². The average Bonchev–Trinajstić information content (AvgIpc) is 2.98. The number of hydrogen-bond acceptors (Lipinski definition) is 6. The summed E-state index contributed by atoms with van der Waals surface area (Å²) in [5.74, 6) is -1.06. The average molecular weight is 401 g/mol. The van der Waals surface area contributed by atoms with Crippen molar-refractivity contribution >= 4 is 17.6 Å². The van der Waals surface area contributed by atoms with E-state index < -0.39 is 17.3 Å². The highest BCUT2D eigenvalue weighted by Gasteiger charge is 2.62. The molecule has 7 heteroatoms. The molecule has 2 aromatic carbocycles. The molecule has 2 N–H and O–H groups in total. The Balaban J connectivity index is 2.17. The Kier molecular flexibility index (Phi) is 4.55. The third-order valence-electron chi connectivity index (χ3n) is 5.34. The molecular formula is C23H19N3O4. The third-order valence-corrected chi connectivity index (χ3v) is 5.34. The number of amides is 1. The lowest BCUT2D eigenvalue weighted by Crippen LogP contribution is -2.46. The molecule has 2 aliphatic heterocycles. The second-order valence-electron chi connectivity index (χ2n) is 6.87. The van der Waals surface area contributed by atoms with Gasteiger partial charge >= 0.3 is 5.97 Å². The van der Waals surface area contributed by atoms with E-state index in [-0.39, 0.29) is 23.6 Å². The summed E-state index contributed by atoms with van der Waals surface area (Å²) < 4.78 is 11.0. The Morgan fingerprint density at radius 3 is 2.53 bits per heavy atom. The number of carbonyl (C=O) groups is 2. The normalized spacial score (nSPS) is 20.2. The molecule has 0 unspecified atom stereocenters. The molecule has 4 rings (SSSR count). The van der Waals surface area contributed by atoms with Crippen molar-refractivity contribution in [3.8, 4) is 11.8 Å². The van der Waals surface area contributed by atoms with Gasteiger partial charge in [0.1, 0.15) is 17.4 Å². The second kappa shape index (κ2) is 7.08. The van der Waals surface area contributed by atoms with Crippen LogP contribution in [-0.2, 0) is 19.7 Å². The van der Waals surface area contributed by atoms with Crippen molar-refractivity contribution < 1.29 is 19.1 Å². The molecule has 7 nitrogen and oxygen atoms in total. The zero-order chi connectivity index (χ0) is 21.5. The van der Waals surface area contributed by atoms with Crippen LogP contribution in [0.4, 0.5) is 0 Å². The van der Waals surface area contributed by atoms with Gasteiger partial charge in [-0.2, -0.15) is 5.26 Å². The van der Waals surface area contributed by atoms with Crippen molar-refractivity contribution in [3.05, 3.63) is 82.8 Å². The lowest BCUT2D eigenvalue weighted by molar-refractivity contribution is -0.140. The van der Waals surface area contributed by atoms with E-state index in [2.05, 4.69) is 0 Å². The van der Waals surface area contributed by atoms with E-state index >= 15 is 0 Å². The number of likely N-dealkylation sites (N-methyl/N-ethyl adjacent to an activating group) is 1. The highest BCUT2D eigenvalue weighted by Crippen LogP contribution is 2.55. The minimum Gasteiger partial charge on any atom is -0.463 e. The van der Waals surface area contributed by atoms with Crippen LogP contribution >= 0.6 is 0 Å². The Morgan fingerprint density at radius 1 is 1.20 bits per heavy atom. The first kappa shape index (κ1) is 19.3. The van der Waals surface area contributed by atoms with Gasteiger partial charge < -0.3 is 20.1 Å². The molecule has 150 valence electrons. The fourth-order valence-corrected chi connectivity index (χ4v) is 4.17. The maximum atomic E-state index is 13.8. The maximum Gasteiger partial charge on any atom is 0.337 e. The summed E-state index contributed by atoms with van der Waals surface area (Å²) in [6.07, 6.45) is 0. The first-order valence-corrected chi connectivity index (χ1v) is 9.41. The zero-order valence-electron chi connectivity index (χ0n) is 16.5. The van der Waals surface area contributed by atoms with Crippen LogP contribution in [0.3, 0.4) is 0 Å². The molecule has 0 aromatic heterocycles. The van der Waals surface area contributed by atoms with E-state index in [0.29, 0.717) is 22.6 Å². The number of para-hydroxylation sites is 1. The second-order valence-corrected chi connectivity index (χ2v) is 6.87. The van der Waals surface area contributed by atoms with Gasteiger partial charge in [-0.05, 0) is 18.6 Å². The van der Waals surface area contributed by atoms with Gasteiger partial charge in [-0.3, -0.25) is 4.79 Å². The first-order valence-electron chi connectivity index (χ1n) is 9.41. The van der Waals surface area contributed by atoms with Gasteiger partial charge in [0.2, 0.25) is 11.8 Å². The summed E-state index contributed by atoms with van der Waals surface area (Å²) in [5.41, 5.74) is 5.64. The summed E-state index contributed by atoms with van der Waals surface area (Å²) in [6.45, 7) is 1.79. The van der Waals surface area contributed by atoms with Crippen molar-refractivity contribution in [1.29, 1.82) is 5.26 Å². The van der Waals surface area contributed by atoms with E-state index in [9.17, 15) is 14.9 Å². The number of benzene rings is 2. The molecule has 0 radical (unpaired) electrons. The topological polar surface area (TPSA) is 106 Å². The van der Waals surface area contributed by atoms with Gasteiger partial charge in [0.15, 0.2) is 5.41 Å². The number of esters is 1. The summed E-state index contributed by atoms with van der Waals surface area (Å²) in [5, 5.41) is 9.99. The lowest BCUT2D eigenvalue weighted by Gasteiger charge is -2.34. The van der Waals surface area contributed by atoms with Crippen molar-refractivity contribution in [2.45, 2.75) is 12.3 Å². The SMILES string of the molecule is CCOC(=O)C1=C(c2ccccc2)N(C)C(=O)[C@]12C(C#N)=C(N)Oc1ccccc12. The van der Waals surface area contributed by atoms with Gasteiger partial charge in [0.05, 0.1) is 17.9 Å². The van der Waals surface area contributed by atoms with E-state index in [1.807, 2.05) is 24.3 Å². The number of fused-ring (bicyclic) bond motifs is 2. The van der Waals surface area contributed by atoms with Gasteiger partial charge in [0, 0.05) is 12.6 Å². The molecule has 1 amide bonds. The van der Waals surface area contributed by atoms with E-state index in [1.165, 1.54) is 4.90 Å². The van der Waals surface area contributed by atoms with Crippen LogP contribution in [0.25, 0.3) is 5.70 Å². The lowest BCUT2D eigenvalue weighted by atomic mass is 9.67. The fourth-order valence-electron chi connectivity index (χ4n) is 4.17. The van der Waals surface area contributed by atoms with Gasteiger partial charge in [-0.25, -0.2) is 4.79 Å². The van der Waals surface area contributed by atoms with Crippen LogP contribution < -0.4 is 10.5 Å². The number of hydrogen-bond donors (Lipinski definition) is 1. The Hall–Kier alpha value is -4.05. The van der Waals surface area contributed by atoms with Crippen LogP contribution in [0.1, 0.15) is 18.1 Å². The Morgan fingerprint density at radius 2 is 1.87 bits per heavy atom. The van der Waals surface area contributed by atoms with Crippen molar-refractivity contribution in [2.24, 2.45) is 5.73 Å². The highest BCUT2D eigenvalue weighted by molar-refractivity contribution is 6.19. The number of ether oxygens (including phenoxy) is 2. The molecule has 0 bridgehead atoms. The van der Waals surface area contributed by atoms with Crippen molar-refractivity contribution in [1.82, 2.24) is 4.90 Å². The number of nitriles is 1. The molecule has 2 aromatic rings. The quantitative estimate of drug-likeness (QED) is 0.792. The number of carbonyl (C=O) groups excluding carboxylic acids is 2. The van der Waals surface area contributed by atoms with Crippen LogP contribution in [-0.4, -0.2) is 30.4 Å². The molecule has 1 atom stereocenters. The van der Waals surface area contributed by atoms with E-state index in [0.717, 1.165) is 0 Å². The Bertz CT molecular complexity index is 1160. The van der Waals surface area contributed by atoms with Crippen LogP contribution in [0, 0.1) is 11.3 Å². The van der Waals surface area contributed by atoms with Crippen molar-refractivity contribution in [3.63, 3.8) is 0 Å². The van der Waals surface area contributed by atoms with Crippen LogP contribution in [0.15, 0.2) is 71.6 Å².